The predicted octanol–water partition coefficient (Wildman–Crippen LogP) is 2.09. The Bertz CT molecular complexity index is 905. The second-order valence-electron chi connectivity index (χ2n) is 8.26. The zero-order valence-electron chi connectivity index (χ0n) is 18.1. The molecule has 2 fully saturated rings. The van der Waals surface area contributed by atoms with Gasteiger partial charge in [0.05, 0.1) is 31.7 Å². The van der Waals surface area contributed by atoms with Crippen LogP contribution in [0, 0.1) is 17.2 Å². The van der Waals surface area contributed by atoms with Crippen LogP contribution in [0.2, 0.25) is 0 Å². The van der Waals surface area contributed by atoms with Crippen LogP contribution < -0.4 is 26.2 Å². The van der Waals surface area contributed by atoms with E-state index in [4.69, 9.17) is 10.00 Å². The fourth-order valence-electron chi connectivity index (χ4n) is 4.13. The molecular formula is C22H30N8O. The van der Waals surface area contributed by atoms with E-state index in [0.717, 1.165) is 35.9 Å². The molecule has 0 aliphatic carbocycles. The number of anilines is 2. The molecule has 2 saturated heterocycles. The van der Waals surface area contributed by atoms with Gasteiger partial charge in [0, 0.05) is 30.3 Å². The number of hydrogen-bond donors (Lipinski definition) is 4. The van der Waals surface area contributed by atoms with Gasteiger partial charge in [-0.1, -0.05) is 6.07 Å². The van der Waals surface area contributed by atoms with E-state index >= 15 is 0 Å². The number of nitrogens with zero attached hydrogens (tertiary/aromatic N) is 4. The number of likely N-dealkylation sites (tertiary alicyclic amines) is 1. The van der Waals surface area contributed by atoms with Crippen molar-refractivity contribution in [1.82, 2.24) is 25.7 Å². The molecule has 2 atom stereocenters. The third-order valence-corrected chi connectivity index (χ3v) is 6.03. The average molecular weight is 423 g/mol. The summed E-state index contributed by atoms with van der Waals surface area (Å²) in [5, 5.41) is 15.7. The number of nitrogens with one attached hydrogen (secondary N) is 4. The van der Waals surface area contributed by atoms with Crippen molar-refractivity contribution in [1.29, 1.82) is 5.26 Å². The van der Waals surface area contributed by atoms with Crippen molar-refractivity contribution in [2.24, 2.45) is 5.92 Å². The maximum atomic E-state index is 8.84. The standard InChI is InChI=1S/C22H30N8O/c1-30-7-5-15(6-8-30)12-24-16-3-4-18(20(9-16)31-2)19-10-21(29-28-19)27-22-14-25-17(11-23)13-26-22/h3-4,9,13-15,19,21,24,28-29H,5-8,10,12H2,1-2H3,(H,26,27). The molecule has 0 saturated carbocycles. The minimum Gasteiger partial charge on any atom is -0.496 e. The van der Waals surface area contributed by atoms with Crippen molar-refractivity contribution >= 4 is 11.5 Å². The normalized spacial score (nSPS) is 22.1. The number of piperidine rings is 1. The van der Waals surface area contributed by atoms with Gasteiger partial charge in [-0.2, -0.15) is 5.26 Å². The molecule has 9 nitrogen and oxygen atoms in total. The number of benzene rings is 1. The zero-order chi connectivity index (χ0) is 21.6. The fourth-order valence-corrected chi connectivity index (χ4v) is 4.13. The molecule has 0 bridgehead atoms. The SMILES string of the molecule is COc1cc(NCC2CCN(C)CC2)ccc1C1CC(Nc2cnc(C#N)cn2)NN1. The van der Waals surface area contributed by atoms with Crippen LogP contribution in [0.1, 0.15) is 36.6 Å². The highest BCUT2D eigenvalue weighted by Crippen LogP contribution is 2.33. The van der Waals surface area contributed by atoms with Gasteiger partial charge in [-0.15, -0.1) is 0 Å². The summed E-state index contributed by atoms with van der Waals surface area (Å²) in [6.45, 7) is 3.35. The molecule has 31 heavy (non-hydrogen) atoms. The van der Waals surface area contributed by atoms with E-state index in [1.807, 2.05) is 6.07 Å². The highest BCUT2D eigenvalue weighted by Gasteiger charge is 2.27. The summed E-state index contributed by atoms with van der Waals surface area (Å²) in [5.41, 5.74) is 9.08. The summed E-state index contributed by atoms with van der Waals surface area (Å²) < 4.78 is 5.70. The molecule has 3 heterocycles. The topological polar surface area (TPSA) is 110 Å². The van der Waals surface area contributed by atoms with Crippen molar-refractivity contribution in [2.75, 3.05) is 44.4 Å². The van der Waals surface area contributed by atoms with Crippen molar-refractivity contribution in [3.63, 3.8) is 0 Å². The fraction of sp³-hybridized carbons (Fsp3) is 0.500. The number of rotatable bonds is 7. The Morgan fingerprint density at radius 1 is 1.23 bits per heavy atom. The van der Waals surface area contributed by atoms with E-state index in [-0.39, 0.29) is 12.2 Å². The van der Waals surface area contributed by atoms with Crippen molar-refractivity contribution in [3.05, 3.63) is 41.9 Å². The summed E-state index contributed by atoms with van der Waals surface area (Å²) in [7, 11) is 3.90. The van der Waals surface area contributed by atoms with E-state index < -0.39 is 0 Å². The third-order valence-electron chi connectivity index (χ3n) is 6.03. The first-order chi connectivity index (χ1) is 15.1. The van der Waals surface area contributed by atoms with E-state index in [2.05, 4.69) is 61.6 Å². The first-order valence-corrected chi connectivity index (χ1v) is 10.7. The summed E-state index contributed by atoms with van der Waals surface area (Å²) >= 11 is 0. The molecule has 164 valence electrons. The Kier molecular flexibility index (Phi) is 6.82. The van der Waals surface area contributed by atoms with Gasteiger partial charge >= 0.3 is 0 Å². The van der Waals surface area contributed by atoms with Crippen molar-refractivity contribution in [2.45, 2.75) is 31.5 Å². The Morgan fingerprint density at radius 3 is 2.77 bits per heavy atom. The minimum absolute atomic E-state index is 0.0147. The molecule has 2 unspecified atom stereocenters. The van der Waals surface area contributed by atoms with Gasteiger partial charge in [0.2, 0.25) is 0 Å². The second kappa shape index (κ2) is 9.92. The Labute approximate surface area is 183 Å². The first-order valence-electron chi connectivity index (χ1n) is 10.7. The summed E-state index contributed by atoms with van der Waals surface area (Å²) in [4.78, 5) is 10.7. The number of nitriles is 1. The van der Waals surface area contributed by atoms with E-state index in [1.54, 1.807) is 13.3 Å². The van der Waals surface area contributed by atoms with Gasteiger partial charge in [0.15, 0.2) is 5.69 Å². The third kappa shape index (κ3) is 5.41. The lowest BCUT2D eigenvalue weighted by molar-refractivity contribution is 0.226. The molecule has 4 N–H and O–H groups in total. The zero-order valence-corrected chi connectivity index (χ0v) is 18.1. The molecule has 0 spiro atoms. The maximum Gasteiger partial charge on any atom is 0.158 e. The Balaban J connectivity index is 1.34. The van der Waals surface area contributed by atoms with Crippen molar-refractivity contribution < 1.29 is 4.74 Å². The van der Waals surface area contributed by atoms with E-state index in [9.17, 15) is 0 Å². The summed E-state index contributed by atoms with van der Waals surface area (Å²) in [6, 6.07) is 8.40. The van der Waals surface area contributed by atoms with Crippen LogP contribution in [0.5, 0.6) is 5.75 Å². The number of hydrogen-bond acceptors (Lipinski definition) is 9. The van der Waals surface area contributed by atoms with E-state index in [0.29, 0.717) is 11.5 Å². The molecule has 1 aromatic heterocycles. The second-order valence-corrected chi connectivity index (χ2v) is 8.26. The van der Waals surface area contributed by atoms with E-state index in [1.165, 1.54) is 32.1 Å². The summed E-state index contributed by atoms with van der Waals surface area (Å²) in [6.07, 6.45) is 6.31. The number of aromatic nitrogens is 2. The lowest BCUT2D eigenvalue weighted by Gasteiger charge is -2.29. The molecule has 1 aromatic carbocycles. The molecular weight excluding hydrogens is 392 g/mol. The molecule has 2 aromatic rings. The number of hydrazine groups is 1. The summed E-state index contributed by atoms with van der Waals surface area (Å²) in [5.74, 6) is 2.21. The highest BCUT2D eigenvalue weighted by atomic mass is 16.5. The molecule has 9 heteroatoms. The average Bonchev–Trinajstić information content (AvgIpc) is 3.27. The van der Waals surface area contributed by atoms with Crippen LogP contribution in [0.4, 0.5) is 11.5 Å². The lowest BCUT2D eigenvalue weighted by atomic mass is 9.97. The Hall–Kier alpha value is -2.93. The van der Waals surface area contributed by atoms with Gasteiger partial charge in [-0.05, 0) is 45.0 Å². The van der Waals surface area contributed by atoms with Crippen LogP contribution in [-0.2, 0) is 0 Å². The van der Waals surface area contributed by atoms with Crippen LogP contribution >= 0.6 is 0 Å². The van der Waals surface area contributed by atoms with Gasteiger partial charge in [-0.25, -0.2) is 20.8 Å². The maximum absolute atomic E-state index is 8.84. The molecule has 4 rings (SSSR count). The highest BCUT2D eigenvalue weighted by molar-refractivity contribution is 5.53. The van der Waals surface area contributed by atoms with Crippen LogP contribution in [-0.4, -0.2) is 54.8 Å². The lowest BCUT2D eigenvalue weighted by Crippen LogP contribution is -2.36. The Morgan fingerprint density at radius 2 is 2.06 bits per heavy atom. The molecule has 0 radical (unpaired) electrons. The first kappa shape index (κ1) is 21.3. The number of ether oxygens (including phenoxy) is 1. The van der Waals surface area contributed by atoms with Crippen molar-refractivity contribution in [3.8, 4) is 11.8 Å². The largest absolute Gasteiger partial charge is 0.496 e. The number of methoxy groups -OCH3 is 1. The van der Waals surface area contributed by atoms with Crippen LogP contribution in [0.15, 0.2) is 30.6 Å². The van der Waals surface area contributed by atoms with Crippen LogP contribution in [0.25, 0.3) is 0 Å². The van der Waals surface area contributed by atoms with Gasteiger partial charge in [0.1, 0.15) is 17.6 Å². The monoisotopic (exact) mass is 422 g/mol. The quantitative estimate of drug-likeness (QED) is 0.533. The minimum atomic E-state index is -0.0147. The van der Waals surface area contributed by atoms with Crippen LogP contribution in [0.3, 0.4) is 0 Å². The van der Waals surface area contributed by atoms with Gasteiger partial charge in [-0.3, -0.25) is 0 Å². The molecule has 2 aliphatic rings. The molecule has 0 amide bonds. The van der Waals surface area contributed by atoms with Gasteiger partial charge in [0.25, 0.3) is 0 Å². The predicted molar refractivity (Wildman–Crippen MR) is 119 cm³/mol. The molecule has 2 aliphatic heterocycles. The van der Waals surface area contributed by atoms with Gasteiger partial charge < -0.3 is 20.3 Å². The smallest absolute Gasteiger partial charge is 0.158 e.